The van der Waals surface area contributed by atoms with Crippen LogP contribution in [-0.4, -0.2) is 20.8 Å². The number of halogens is 2. The molecule has 1 heterocycles. The summed E-state index contributed by atoms with van der Waals surface area (Å²) >= 11 is 10.7. The summed E-state index contributed by atoms with van der Waals surface area (Å²) in [5.74, 6) is -0.827. The van der Waals surface area contributed by atoms with Gasteiger partial charge in [-0.2, -0.15) is 5.10 Å². The number of rotatable bonds is 3. The number of nitrogens with one attached hydrogen (secondary N) is 3. The highest BCUT2D eigenvalue weighted by Crippen LogP contribution is 2.19. The van der Waals surface area contributed by atoms with Crippen LogP contribution in [0, 0.1) is 19.7 Å². The van der Waals surface area contributed by atoms with E-state index in [9.17, 15) is 9.18 Å². The molecule has 9 heteroatoms. The third-order valence-electron chi connectivity index (χ3n) is 2.89. The monoisotopic (exact) mass is 355 g/mol. The minimum Gasteiger partial charge on any atom is -0.331 e. The first-order chi connectivity index (χ1) is 10.8. The summed E-state index contributed by atoms with van der Waals surface area (Å²) in [5, 5.41) is 7.09. The van der Waals surface area contributed by atoms with Crippen LogP contribution in [0.3, 0.4) is 0 Å². The van der Waals surface area contributed by atoms with Crippen molar-refractivity contribution in [1.82, 2.24) is 20.6 Å². The Kier molecular flexibility index (Phi) is 5.51. The van der Waals surface area contributed by atoms with Crippen LogP contribution in [0.2, 0.25) is 5.02 Å². The summed E-state index contributed by atoms with van der Waals surface area (Å²) < 4.78 is 14.6. The molecule has 122 valence electrons. The smallest absolute Gasteiger partial charge is 0.260 e. The maximum atomic E-state index is 13.1. The summed E-state index contributed by atoms with van der Waals surface area (Å²) in [6.07, 6.45) is 0. The Balaban J connectivity index is 1.82. The van der Waals surface area contributed by atoms with Crippen molar-refractivity contribution in [2.75, 3.05) is 5.32 Å². The van der Waals surface area contributed by atoms with Crippen molar-refractivity contribution in [2.45, 2.75) is 20.4 Å². The van der Waals surface area contributed by atoms with Crippen molar-refractivity contribution in [3.63, 3.8) is 0 Å². The number of amides is 1. The molecule has 0 atom stereocenters. The number of hydrazine groups is 1. The number of aryl methyl sites for hydroxylation is 2. The van der Waals surface area contributed by atoms with Gasteiger partial charge in [-0.15, -0.1) is 0 Å². The van der Waals surface area contributed by atoms with Crippen molar-refractivity contribution in [3.8, 4) is 0 Å². The zero-order valence-corrected chi connectivity index (χ0v) is 14.1. The van der Waals surface area contributed by atoms with Crippen LogP contribution < -0.4 is 16.2 Å². The van der Waals surface area contributed by atoms with E-state index in [2.05, 4.69) is 21.3 Å². The second kappa shape index (κ2) is 7.38. The van der Waals surface area contributed by atoms with Crippen molar-refractivity contribution in [1.29, 1.82) is 0 Å². The number of hydrogen-bond acceptors (Lipinski definition) is 3. The number of aromatic nitrogens is 2. The lowest BCUT2D eigenvalue weighted by molar-refractivity contribution is -0.122. The molecule has 0 aliphatic carbocycles. The number of nitrogens with zero attached hydrogens (tertiary/aromatic N) is 2. The van der Waals surface area contributed by atoms with Crippen molar-refractivity contribution in [3.05, 3.63) is 46.5 Å². The molecule has 0 aliphatic heterocycles. The molecule has 2 aromatic rings. The van der Waals surface area contributed by atoms with Crippen LogP contribution in [0.4, 0.5) is 10.1 Å². The van der Waals surface area contributed by atoms with Gasteiger partial charge in [0.2, 0.25) is 0 Å². The fourth-order valence-electron chi connectivity index (χ4n) is 1.87. The van der Waals surface area contributed by atoms with Gasteiger partial charge in [0.15, 0.2) is 5.11 Å². The highest BCUT2D eigenvalue weighted by molar-refractivity contribution is 7.80. The molecule has 0 saturated heterocycles. The standard InChI is InChI=1S/C14H15ClFN5OS/c1-8-5-9(2)21(20-8)7-13(22)18-19-14(23)17-10-3-4-12(16)11(15)6-10/h3-6H,7H2,1-2H3,(H,18,22)(H2,17,19,23). The molecule has 6 nitrogen and oxygen atoms in total. The van der Waals surface area contributed by atoms with Gasteiger partial charge in [0.25, 0.3) is 5.91 Å². The molecular formula is C14H15ClFN5OS. The summed E-state index contributed by atoms with van der Waals surface area (Å²) in [4.78, 5) is 11.8. The van der Waals surface area contributed by atoms with E-state index in [0.717, 1.165) is 11.4 Å². The molecule has 1 aromatic carbocycles. The van der Waals surface area contributed by atoms with Crippen LogP contribution in [0.1, 0.15) is 11.4 Å². The van der Waals surface area contributed by atoms with Gasteiger partial charge in [0.05, 0.1) is 10.7 Å². The second-order valence-electron chi connectivity index (χ2n) is 4.84. The van der Waals surface area contributed by atoms with E-state index < -0.39 is 5.82 Å². The molecule has 23 heavy (non-hydrogen) atoms. The predicted octanol–water partition coefficient (Wildman–Crippen LogP) is 2.31. The molecule has 0 radical (unpaired) electrons. The lowest BCUT2D eigenvalue weighted by Gasteiger charge is -2.12. The van der Waals surface area contributed by atoms with E-state index in [-0.39, 0.29) is 22.6 Å². The normalized spacial score (nSPS) is 10.3. The SMILES string of the molecule is Cc1cc(C)n(CC(=O)NNC(=S)Nc2ccc(F)c(Cl)c2)n1. The lowest BCUT2D eigenvalue weighted by Crippen LogP contribution is -2.45. The summed E-state index contributed by atoms with van der Waals surface area (Å²) in [6, 6.07) is 5.97. The fraction of sp³-hybridized carbons (Fsp3) is 0.214. The predicted molar refractivity (Wildman–Crippen MR) is 90.6 cm³/mol. The van der Waals surface area contributed by atoms with E-state index in [1.54, 1.807) is 4.68 Å². The van der Waals surface area contributed by atoms with Gasteiger partial charge >= 0.3 is 0 Å². The maximum Gasteiger partial charge on any atom is 0.260 e. The van der Waals surface area contributed by atoms with Gasteiger partial charge in [-0.1, -0.05) is 11.6 Å². The van der Waals surface area contributed by atoms with Crippen LogP contribution >= 0.6 is 23.8 Å². The first kappa shape index (κ1) is 17.2. The van der Waals surface area contributed by atoms with E-state index in [0.29, 0.717) is 5.69 Å². The molecule has 1 amide bonds. The topological polar surface area (TPSA) is 71.0 Å². The average Bonchev–Trinajstić information content (AvgIpc) is 2.79. The molecule has 0 spiro atoms. The number of carbonyl (C=O) groups excluding carboxylic acids is 1. The van der Waals surface area contributed by atoms with Crippen LogP contribution in [0.5, 0.6) is 0 Å². The van der Waals surface area contributed by atoms with E-state index in [4.69, 9.17) is 23.8 Å². The third kappa shape index (κ3) is 4.90. The number of carbonyl (C=O) groups is 1. The molecule has 0 bridgehead atoms. The zero-order chi connectivity index (χ0) is 17.0. The van der Waals surface area contributed by atoms with Crippen molar-refractivity contribution >= 4 is 40.5 Å². The second-order valence-corrected chi connectivity index (χ2v) is 5.66. The first-order valence-corrected chi connectivity index (χ1v) is 7.45. The van der Waals surface area contributed by atoms with Gasteiger partial charge in [-0.25, -0.2) is 4.39 Å². The number of benzene rings is 1. The third-order valence-corrected chi connectivity index (χ3v) is 3.38. The minimum atomic E-state index is -0.519. The van der Waals surface area contributed by atoms with Crippen molar-refractivity contribution < 1.29 is 9.18 Å². The lowest BCUT2D eigenvalue weighted by atomic mass is 10.3. The van der Waals surface area contributed by atoms with Gasteiger partial charge in [-0.3, -0.25) is 20.3 Å². The van der Waals surface area contributed by atoms with Gasteiger partial charge in [0, 0.05) is 11.4 Å². The molecule has 1 aromatic heterocycles. The Labute approximate surface area is 143 Å². The molecular weight excluding hydrogens is 341 g/mol. The summed E-state index contributed by atoms with van der Waals surface area (Å²) in [5.41, 5.74) is 7.24. The van der Waals surface area contributed by atoms with E-state index in [1.165, 1.54) is 18.2 Å². The molecule has 0 saturated carbocycles. The van der Waals surface area contributed by atoms with Gasteiger partial charge in [-0.05, 0) is 50.3 Å². The molecule has 3 N–H and O–H groups in total. The Hall–Kier alpha value is -2.19. The molecule has 0 aliphatic rings. The summed E-state index contributed by atoms with van der Waals surface area (Å²) in [7, 11) is 0. The Morgan fingerprint density at radius 2 is 2.09 bits per heavy atom. The van der Waals surface area contributed by atoms with Crippen molar-refractivity contribution in [2.24, 2.45) is 0 Å². The average molecular weight is 356 g/mol. The highest BCUT2D eigenvalue weighted by atomic mass is 35.5. The number of hydrogen-bond donors (Lipinski definition) is 3. The Bertz CT molecular complexity index is 749. The number of anilines is 1. The van der Waals surface area contributed by atoms with Crippen LogP contribution in [0.25, 0.3) is 0 Å². The van der Waals surface area contributed by atoms with E-state index in [1.807, 2.05) is 19.9 Å². The number of thiocarbonyl (C=S) groups is 1. The fourth-order valence-corrected chi connectivity index (χ4v) is 2.22. The summed E-state index contributed by atoms with van der Waals surface area (Å²) in [6.45, 7) is 3.79. The largest absolute Gasteiger partial charge is 0.331 e. The van der Waals surface area contributed by atoms with Crippen LogP contribution in [0.15, 0.2) is 24.3 Å². The zero-order valence-electron chi connectivity index (χ0n) is 12.5. The highest BCUT2D eigenvalue weighted by Gasteiger charge is 2.08. The minimum absolute atomic E-state index is 0.0219. The first-order valence-electron chi connectivity index (χ1n) is 6.67. The Morgan fingerprint density at radius 1 is 1.35 bits per heavy atom. The molecule has 0 unspecified atom stereocenters. The van der Waals surface area contributed by atoms with E-state index >= 15 is 0 Å². The van der Waals surface area contributed by atoms with Gasteiger partial charge < -0.3 is 5.32 Å². The maximum absolute atomic E-state index is 13.1. The quantitative estimate of drug-likeness (QED) is 0.582. The molecule has 2 rings (SSSR count). The van der Waals surface area contributed by atoms with Gasteiger partial charge in [0.1, 0.15) is 12.4 Å². The van der Waals surface area contributed by atoms with Crippen LogP contribution in [-0.2, 0) is 11.3 Å². The molecule has 0 fully saturated rings. The Morgan fingerprint density at radius 3 is 2.70 bits per heavy atom.